The summed E-state index contributed by atoms with van der Waals surface area (Å²) >= 11 is 0. The first kappa shape index (κ1) is 15.0. The number of carbonyl (C=O) groups excluding carboxylic acids is 1. The van der Waals surface area contributed by atoms with E-state index in [4.69, 9.17) is 5.11 Å². The van der Waals surface area contributed by atoms with E-state index < -0.39 is 5.97 Å². The van der Waals surface area contributed by atoms with Crippen molar-refractivity contribution in [3.63, 3.8) is 0 Å². The van der Waals surface area contributed by atoms with Gasteiger partial charge in [-0.05, 0) is 12.1 Å². The number of phenols is 1. The molecule has 0 bridgehead atoms. The van der Waals surface area contributed by atoms with Crippen molar-refractivity contribution in [2.45, 2.75) is 6.92 Å². The molecule has 1 aromatic rings. The van der Waals surface area contributed by atoms with Gasteiger partial charge in [-0.1, -0.05) is 12.1 Å². The Morgan fingerprint density at radius 3 is 2.38 bits per heavy atom. The van der Waals surface area contributed by atoms with E-state index in [2.05, 4.69) is 4.74 Å². The number of carbonyl (C=O) groups is 1. The van der Waals surface area contributed by atoms with Gasteiger partial charge in [-0.25, -0.2) is 0 Å². The number of phenolic OH excluding ortho intramolecular Hbond substituents is 1. The van der Waals surface area contributed by atoms with Crippen LogP contribution in [0.3, 0.4) is 0 Å². The van der Waals surface area contributed by atoms with Crippen molar-refractivity contribution in [1.29, 1.82) is 0 Å². The molecule has 0 fully saturated rings. The van der Waals surface area contributed by atoms with Crippen molar-refractivity contribution >= 4 is 43.9 Å². The molecule has 0 atom stereocenters. The molecule has 0 radical (unpaired) electrons. The van der Waals surface area contributed by atoms with Crippen molar-refractivity contribution in [3.8, 4) is 11.5 Å². The van der Waals surface area contributed by atoms with Crippen LogP contribution in [0, 0.1) is 0 Å². The standard InChI is InChI=1S/C8H8O3.BH3.Na.H/c1-6(9)11-8-5-3-2-4-7(8)10;;;/h2-5,10H,1H3;1H3;;. The third-order valence-corrected chi connectivity index (χ3v) is 1.12. The predicted octanol–water partition coefficient (Wildman–Crippen LogP) is -0.515. The fourth-order valence-electron chi connectivity index (χ4n) is 0.698. The van der Waals surface area contributed by atoms with Crippen LogP contribution in [0.25, 0.3) is 0 Å². The van der Waals surface area contributed by atoms with E-state index in [-0.39, 0.29) is 49.5 Å². The Bertz CT molecular complexity index is 278. The topological polar surface area (TPSA) is 46.5 Å². The van der Waals surface area contributed by atoms with E-state index in [0.717, 1.165) is 0 Å². The summed E-state index contributed by atoms with van der Waals surface area (Å²) in [5.41, 5.74) is 0. The molecule has 0 aliphatic carbocycles. The Balaban J connectivity index is 0. The molecular formula is C8H12BNaO3. The quantitative estimate of drug-likeness (QED) is 0.368. The zero-order chi connectivity index (χ0) is 8.27. The van der Waals surface area contributed by atoms with Crippen LogP contribution in [0.2, 0.25) is 0 Å². The zero-order valence-corrected chi connectivity index (χ0v) is 6.07. The molecule has 3 nitrogen and oxygen atoms in total. The molecule has 0 aliphatic rings. The molecule has 66 valence electrons. The summed E-state index contributed by atoms with van der Waals surface area (Å²) < 4.78 is 4.66. The summed E-state index contributed by atoms with van der Waals surface area (Å²) in [7, 11) is 0. The van der Waals surface area contributed by atoms with Gasteiger partial charge in [0.2, 0.25) is 0 Å². The second-order valence-electron chi connectivity index (χ2n) is 2.06. The third-order valence-electron chi connectivity index (χ3n) is 1.12. The van der Waals surface area contributed by atoms with Gasteiger partial charge >= 0.3 is 35.5 Å². The van der Waals surface area contributed by atoms with Crippen LogP contribution < -0.4 is 4.74 Å². The van der Waals surface area contributed by atoms with Gasteiger partial charge in [0.1, 0.15) is 0 Å². The number of hydrogen-bond acceptors (Lipinski definition) is 3. The van der Waals surface area contributed by atoms with Gasteiger partial charge in [0.15, 0.2) is 11.5 Å². The van der Waals surface area contributed by atoms with Crippen LogP contribution in [-0.2, 0) is 4.79 Å². The monoisotopic (exact) mass is 190 g/mol. The molecule has 13 heavy (non-hydrogen) atoms. The predicted molar refractivity (Wildman–Crippen MR) is 56.5 cm³/mol. The number of benzene rings is 1. The van der Waals surface area contributed by atoms with E-state index in [1.807, 2.05) is 0 Å². The van der Waals surface area contributed by atoms with E-state index in [0.29, 0.717) is 0 Å². The Hall–Kier alpha value is -0.445. The summed E-state index contributed by atoms with van der Waals surface area (Å²) in [5, 5.41) is 9.08. The summed E-state index contributed by atoms with van der Waals surface area (Å²) in [4.78, 5) is 10.4. The van der Waals surface area contributed by atoms with Gasteiger partial charge in [-0.2, -0.15) is 0 Å². The first-order valence-electron chi connectivity index (χ1n) is 3.16. The van der Waals surface area contributed by atoms with Crippen molar-refractivity contribution in [1.82, 2.24) is 0 Å². The Labute approximate surface area is 101 Å². The van der Waals surface area contributed by atoms with Gasteiger partial charge in [-0.15, -0.1) is 0 Å². The molecule has 1 aromatic carbocycles. The molecule has 0 aliphatic heterocycles. The van der Waals surface area contributed by atoms with Gasteiger partial charge in [0.05, 0.1) is 8.41 Å². The molecule has 1 rings (SSSR count). The summed E-state index contributed by atoms with van der Waals surface area (Å²) in [6.07, 6.45) is 0. The summed E-state index contributed by atoms with van der Waals surface area (Å²) in [6, 6.07) is 6.31. The second-order valence-corrected chi connectivity index (χ2v) is 2.06. The van der Waals surface area contributed by atoms with Crippen molar-refractivity contribution in [2.24, 2.45) is 0 Å². The van der Waals surface area contributed by atoms with E-state index in [9.17, 15) is 4.79 Å². The number of aromatic hydroxyl groups is 1. The van der Waals surface area contributed by atoms with Gasteiger partial charge in [0.25, 0.3) is 0 Å². The third kappa shape index (κ3) is 4.98. The molecular weight excluding hydrogens is 178 g/mol. The molecule has 0 aromatic heterocycles. The fourth-order valence-corrected chi connectivity index (χ4v) is 0.698. The average Bonchev–Trinajstić information content (AvgIpc) is 1.93. The molecule has 0 saturated carbocycles. The molecule has 5 heteroatoms. The molecule has 0 unspecified atom stereocenters. The Morgan fingerprint density at radius 1 is 1.38 bits per heavy atom. The number of ether oxygens (including phenoxy) is 1. The van der Waals surface area contributed by atoms with E-state index in [1.54, 1.807) is 12.1 Å². The van der Waals surface area contributed by atoms with Crippen LogP contribution in [0.4, 0.5) is 0 Å². The van der Waals surface area contributed by atoms with Crippen molar-refractivity contribution in [2.75, 3.05) is 0 Å². The maximum atomic E-state index is 10.4. The van der Waals surface area contributed by atoms with Crippen LogP contribution in [0.1, 0.15) is 6.92 Å². The van der Waals surface area contributed by atoms with Gasteiger partial charge in [0, 0.05) is 6.92 Å². The van der Waals surface area contributed by atoms with Crippen LogP contribution >= 0.6 is 0 Å². The second kappa shape index (κ2) is 7.01. The van der Waals surface area contributed by atoms with Crippen LogP contribution in [0.5, 0.6) is 11.5 Å². The first-order chi connectivity index (χ1) is 5.20. The normalized spacial score (nSPS) is 7.77. The first-order valence-corrected chi connectivity index (χ1v) is 3.16. The molecule has 1 N–H and O–H groups in total. The van der Waals surface area contributed by atoms with Crippen LogP contribution in [0.15, 0.2) is 24.3 Å². The molecule has 0 spiro atoms. The molecule has 0 heterocycles. The summed E-state index contributed by atoms with van der Waals surface area (Å²) in [5.74, 6) is -0.269. The van der Waals surface area contributed by atoms with E-state index >= 15 is 0 Å². The zero-order valence-electron chi connectivity index (χ0n) is 6.07. The number of hydrogen-bond donors (Lipinski definition) is 1. The minimum atomic E-state index is -0.438. The maximum absolute atomic E-state index is 10.4. The summed E-state index contributed by atoms with van der Waals surface area (Å²) in [6.45, 7) is 1.28. The SMILES string of the molecule is B.CC(=O)Oc1ccccc1O.[NaH]. The number of esters is 1. The molecule has 0 saturated heterocycles. The van der Waals surface area contributed by atoms with Crippen LogP contribution in [-0.4, -0.2) is 49.0 Å². The van der Waals surface area contributed by atoms with E-state index in [1.165, 1.54) is 19.1 Å². The average molecular weight is 190 g/mol. The minimum absolute atomic E-state index is 0. The fraction of sp³-hybridized carbons (Fsp3) is 0.125. The number of rotatable bonds is 1. The Kier molecular flexibility index (Phi) is 8.11. The van der Waals surface area contributed by atoms with Crippen molar-refractivity contribution < 1.29 is 14.6 Å². The molecule has 0 amide bonds. The van der Waals surface area contributed by atoms with Gasteiger partial charge in [-0.3, -0.25) is 4.79 Å². The number of para-hydroxylation sites is 2. The van der Waals surface area contributed by atoms with Crippen molar-refractivity contribution in [3.05, 3.63) is 24.3 Å². The van der Waals surface area contributed by atoms with Gasteiger partial charge < -0.3 is 9.84 Å². The Morgan fingerprint density at radius 2 is 1.92 bits per heavy atom.